The topological polar surface area (TPSA) is 206 Å². The Morgan fingerprint density at radius 2 is 1.92 bits per heavy atom. The van der Waals surface area contributed by atoms with E-state index in [2.05, 4.69) is 25.6 Å². The van der Waals surface area contributed by atoms with Gasteiger partial charge in [0.25, 0.3) is 5.91 Å². The summed E-state index contributed by atoms with van der Waals surface area (Å²) in [4.78, 5) is 55.6. The van der Waals surface area contributed by atoms with Crippen LogP contribution in [0.15, 0.2) is 36.5 Å². The molecule has 0 bridgehead atoms. The van der Waals surface area contributed by atoms with Gasteiger partial charge in [-0.1, -0.05) is 26.0 Å². The maximum atomic E-state index is 14.3. The molecular formula is C34H44N6O9S. The van der Waals surface area contributed by atoms with Crippen LogP contribution in [0.3, 0.4) is 0 Å². The Hall–Kier alpha value is -4.47. The van der Waals surface area contributed by atoms with Crippen molar-refractivity contribution in [2.75, 3.05) is 13.7 Å². The molecule has 3 heterocycles. The summed E-state index contributed by atoms with van der Waals surface area (Å²) < 4.78 is 39.0. The number of fused-ring (bicyclic) bond motifs is 3. The van der Waals surface area contributed by atoms with Crippen molar-refractivity contribution < 1.29 is 42.2 Å². The quantitative estimate of drug-likeness (QED) is 0.307. The summed E-state index contributed by atoms with van der Waals surface area (Å²) >= 11 is 0. The second-order valence-corrected chi connectivity index (χ2v) is 16.7. The van der Waals surface area contributed by atoms with Crippen molar-refractivity contribution in [1.29, 1.82) is 0 Å². The van der Waals surface area contributed by atoms with E-state index >= 15 is 0 Å². The number of rotatable bonds is 7. The lowest BCUT2D eigenvalue weighted by molar-refractivity contribution is -0.142. The normalized spacial score (nSPS) is 31.6. The molecule has 1 saturated heterocycles. The van der Waals surface area contributed by atoms with Crippen LogP contribution in [0.25, 0.3) is 10.9 Å². The molecule has 1 unspecified atom stereocenters. The van der Waals surface area contributed by atoms with Gasteiger partial charge in [-0.25, -0.2) is 13.2 Å². The first-order valence-corrected chi connectivity index (χ1v) is 18.5. The third-order valence-electron chi connectivity index (χ3n) is 10.6. The van der Waals surface area contributed by atoms with Crippen LogP contribution in [0, 0.1) is 17.8 Å². The van der Waals surface area contributed by atoms with Gasteiger partial charge in [0.15, 0.2) is 0 Å². The van der Waals surface area contributed by atoms with Crippen molar-refractivity contribution in [3.05, 3.63) is 36.5 Å². The first-order valence-electron chi connectivity index (χ1n) is 17.0. The Kier molecular flexibility index (Phi) is 9.43. The minimum absolute atomic E-state index is 0.0106. The van der Waals surface area contributed by atoms with Gasteiger partial charge in [0.1, 0.15) is 40.7 Å². The van der Waals surface area contributed by atoms with Gasteiger partial charge >= 0.3 is 6.09 Å². The zero-order valence-electron chi connectivity index (χ0n) is 28.5. The van der Waals surface area contributed by atoms with E-state index in [0.29, 0.717) is 48.1 Å². The molecule has 4 amide bonds. The van der Waals surface area contributed by atoms with Gasteiger partial charge in [0.05, 0.1) is 24.6 Å². The number of allylic oxidation sites excluding steroid dienone is 1. The van der Waals surface area contributed by atoms with E-state index < -0.39 is 74.1 Å². The zero-order chi connectivity index (χ0) is 36.0. The van der Waals surface area contributed by atoms with Crippen molar-refractivity contribution in [1.82, 2.24) is 30.5 Å². The highest BCUT2D eigenvalue weighted by Crippen LogP contribution is 2.47. The molecule has 4 N–H and O–H groups in total. The molecule has 4 aliphatic rings. The van der Waals surface area contributed by atoms with Gasteiger partial charge in [0.2, 0.25) is 21.8 Å². The molecule has 3 fully saturated rings. The Morgan fingerprint density at radius 3 is 2.62 bits per heavy atom. The van der Waals surface area contributed by atoms with Crippen LogP contribution in [0.5, 0.6) is 11.5 Å². The molecule has 2 aromatic rings. The fourth-order valence-corrected chi connectivity index (χ4v) is 8.46. The van der Waals surface area contributed by atoms with Crippen LogP contribution in [-0.4, -0.2) is 94.6 Å². The molecule has 50 heavy (non-hydrogen) atoms. The molecule has 2 aliphatic carbocycles. The Balaban J connectivity index is 1.33. The van der Waals surface area contributed by atoms with E-state index in [1.165, 1.54) is 18.2 Å². The number of carboxylic acid groups (broad SMARTS) is 1. The molecule has 0 spiro atoms. The zero-order valence-corrected chi connectivity index (χ0v) is 29.4. The summed E-state index contributed by atoms with van der Waals surface area (Å²) in [6, 6.07) is 2.89. The van der Waals surface area contributed by atoms with Crippen molar-refractivity contribution in [2.45, 2.75) is 94.2 Å². The SMILES string of the molecule is COc1ccc2c(O[C@@H]3C[C@H]4C(=O)NC5(C(=O)NS(=O)(=O)C6(C)CC6)C[C@H]5/C=C\CC[C@@H](C)C[C@@H](C)[C@H](NC(=O)O)C(=O)N4C3)cnnc2c1. The fourth-order valence-electron chi connectivity index (χ4n) is 7.15. The van der Waals surface area contributed by atoms with Crippen LogP contribution < -0.4 is 24.8 Å². The van der Waals surface area contributed by atoms with E-state index in [1.54, 1.807) is 32.0 Å². The number of hydrogen-bond donors (Lipinski definition) is 4. The number of nitrogens with zero attached hydrogens (tertiary/aromatic N) is 3. The Labute approximate surface area is 290 Å². The highest BCUT2D eigenvalue weighted by Gasteiger charge is 2.63. The summed E-state index contributed by atoms with van der Waals surface area (Å²) in [5, 5.41) is 23.8. The van der Waals surface area contributed by atoms with Gasteiger partial charge in [0, 0.05) is 23.8 Å². The molecule has 0 radical (unpaired) electrons. The highest BCUT2D eigenvalue weighted by atomic mass is 32.2. The van der Waals surface area contributed by atoms with Gasteiger partial charge in [-0.05, 0) is 69.4 Å². The number of aromatic nitrogens is 2. The predicted molar refractivity (Wildman–Crippen MR) is 181 cm³/mol. The highest BCUT2D eigenvalue weighted by molar-refractivity contribution is 7.91. The van der Waals surface area contributed by atoms with E-state index in [4.69, 9.17) is 9.47 Å². The molecular weight excluding hydrogens is 668 g/mol. The number of ether oxygens (including phenoxy) is 2. The summed E-state index contributed by atoms with van der Waals surface area (Å²) in [6.45, 7) is 5.34. The summed E-state index contributed by atoms with van der Waals surface area (Å²) in [5.74, 6) is -1.89. The molecule has 6 rings (SSSR count). The maximum absolute atomic E-state index is 14.3. The van der Waals surface area contributed by atoms with Crippen molar-refractivity contribution >= 4 is 44.7 Å². The van der Waals surface area contributed by atoms with Gasteiger partial charge < -0.3 is 30.1 Å². The number of sulfonamides is 1. The van der Waals surface area contributed by atoms with Crippen LogP contribution in [0.4, 0.5) is 4.79 Å². The lowest BCUT2D eigenvalue weighted by Gasteiger charge is -2.32. The molecule has 16 heteroatoms. The second-order valence-electron chi connectivity index (χ2n) is 14.5. The number of nitrogens with one attached hydrogen (secondary N) is 3. The van der Waals surface area contributed by atoms with Gasteiger partial charge in [-0.15, -0.1) is 0 Å². The van der Waals surface area contributed by atoms with E-state index in [0.717, 1.165) is 6.42 Å². The fraction of sp³-hybridized carbons (Fsp3) is 0.588. The number of benzene rings is 1. The van der Waals surface area contributed by atoms with Crippen LogP contribution in [0.2, 0.25) is 0 Å². The number of methoxy groups -OCH3 is 1. The lowest BCUT2D eigenvalue weighted by atomic mass is 9.88. The molecule has 7 atom stereocenters. The third-order valence-corrected chi connectivity index (χ3v) is 12.8. The standard InChI is InChI=1S/C34H44N6O9S/c1-19-7-5-6-8-21-16-34(21,31(43)39-50(46,47)33(3)11-12-33)37-29(41)26-15-23(18-40(26)30(42)28(20(2)13-19)36-32(44)45)49-27-17-35-38-25-14-22(48-4)9-10-24(25)27/h6,8-10,14,17,19-21,23,26,28,36H,5,7,11-13,15-16,18H2,1-4H3,(H,37,41)(H,39,43)(H,44,45)/b8-6-/t19-,20-,21-,23-,26+,28+,34?/m1/s1. The molecule has 1 aromatic heterocycles. The maximum Gasteiger partial charge on any atom is 0.405 e. The molecule has 2 saturated carbocycles. The molecule has 15 nitrogen and oxygen atoms in total. The smallest absolute Gasteiger partial charge is 0.405 e. The average molecular weight is 713 g/mol. The first-order chi connectivity index (χ1) is 23.7. The number of hydrogen-bond acceptors (Lipinski definition) is 10. The van der Waals surface area contributed by atoms with E-state index in [-0.39, 0.29) is 25.3 Å². The van der Waals surface area contributed by atoms with E-state index in [9.17, 15) is 32.7 Å². The van der Waals surface area contributed by atoms with Crippen molar-refractivity contribution in [3.8, 4) is 11.5 Å². The molecule has 2 aliphatic heterocycles. The number of carbonyl (C=O) groups excluding carboxylic acids is 3. The van der Waals surface area contributed by atoms with Crippen LogP contribution >= 0.6 is 0 Å². The summed E-state index contributed by atoms with van der Waals surface area (Å²) in [7, 11) is -2.46. The largest absolute Gasteiger partial charge is 0.497 e. The van der Waals surface area contributed by atoms with Crippen LogP contribution in [-0.2, 0) is 24.4 Å². The van der Waals surface area contributed by atoms with Gasteiger partial charge in [-0.2, -0.15) is 10.2 Å². The summed E-state index contributed by atoms with van der Waals surface area (Å²) in [6.07, 6.45) is 6.09. The monoisotopic (exact) mass is 712 g/mol. The first kappa shape index (κ1) is 35.4. The number of amides is 4. The summed E-state index contributed by atoms with van der Waals surface area (Å²) in [5.41, 5.74) is -1.03. The van der Waals surface area contributed by atoms with Crippen molar-refractivity contribution in [3.63, 3.8) is 0 Å². The second kappa shape index (κ2) is 13.3. The average Bonchev–Trinajstić information content (AvgIpc) is 3.95. The minimum atomic E-state index is -4.00. The number of carbonyl (C=O) groups is 4. The molecule has 1 aromatic carbocycles. The minimum Gasteiger partial charge on any atom is -0.497 e. The van der Waals surface area contributed by atoms with E-state index in [1.807, 2.05) is 19.1 Å². The predicted octanol–water partition coefficient (Wildman–Crippen LogP) is 2.51. The Bertz CT molecular complexity index is 1830. The Morgan fingerprint density at radius 1 is 1.16 bits per heavy atom. The molecule has 270 valence electrons. The van der Waals surface area contributed by atoms with Crippen molar-refractivity contribution in [2.24, 2.45) is 17.8 Å². The third kappa shape index (κ3) is 6.94. The lowest BCUT2D eigenvalue weighted by Crippen LogP contribution is -2.59. The van der Waals surface area contributed by atoms with Gasteiger partial charge in [-0.3, -0.25) is 19.1 Å². The van der Waals surface area contributed by atoms with Crippen LogP contribution in [0.1, 0.15) is 65.7 Å².